The van der Waals surface area contributed by atoms with Crippen LogP contribution in [-0.4, -0.2) is 0 Å². The van der Waals surface area contributed by atoms with Gasteiger partial charge in [0.05, 0.1) is 0 Å². The Kier molecular flexibility index (Phi) is 100. The Balaban J connectivity index is 0.000000802. The molecule has 0 amide bonds. The van der Waals surface area contributed by atoms with E-state index in [1.807, 2.05) is 0 Å². The lowest BCUT2D eigenvalue weighted by Crippen LogP contribution is -2.14. The molecular weight excluding hydrogens is 1680 g/mol. The van der Waals surface area contributed by atoms with Crippen molar-refractivity contribution in [3.05, 3.63) is 195 Å². The van der Waals surface area contributed by atoms with Gasteiger partial charge in [-0.2, -0.15) is 0 Å². The van der Waals surface area contributed by atoms with Crippen LogP contribution in [0.15, 0.2) is 195 Å². The summed E-state index contributed by atoms with van der Waals surface area (Å²) in [6, 6.07) is 0. The second-order valence-corrected chi connectivity index (χ2v) is 45.7. The third-order valence-electron chi connectivity index (χ3n) is 33.8. The molecule has 0 bridgehead atoms. The Morgan fingerprint density at radius 2 is 0.314 bits per heavy atom. The van der Waals surface area contributed by atoms with Crippen LogP contribution >= 0.6 is 0 Å². The molecule has 0 nitrogen and oxygen atoms in total. The smallest absolute Gasteiger partial charge is 0.0233 e. The highest BCUT2D eigenvalue weighted by atomic mass is 14.3. The molecule has 0 heteroatoms. The van der Waals surface area contributed by atoms with E-state index in [9.17, 15) is 0 Å². The normalized spacial score (nSPS) is 25.4. The molecule has 8 rings (SSSR count). The van der Waals surface area contributed by atoms with Crippen molar-refractivity contribution in [2.45, 2.75) is 598 Å². The van der Waals surface area contributed by atoms with E-state index in [0.29, 0.717) is 0 Å². The molecular formula is C140H248. The Labute approximate surface area is 881 Å². The van der Waals surface area contributed by atoms with Gasteiger partial charge in [-0.15, -0.1) is 13.2 Å². The van der Waals surface area contributed by atoms with Gasteiger partial charge in [-0.25, -0.2) is 0 Å². The van der Waals surface area contributed by atoms with Gasteiger partial charge in [-0.05, 0) is 420 Å². The molecule has 0 spiro atoms. The lowest BCUT2D eigenvalue weighted by molar-refractivity contribution is 0.255. The molecule has 8 aliphatic carbocycles. The van der Waals surface area contributed by atoms with Crippen molar-refractivity contribution >= 4 is 0 Å². The number of allylic oxidation sites excluding steroid dienone is 30. The van der Waals surface area contributed by atoms with Gasteiger partial charge in [0, 0.05) is 0 Å². The molecule has 0 aromatic heterocycles. The van der Waals surface area contributed by atoms with Gasteiger partial charge in [0.2, 0.25) is 0 Å². The molecule has 0 N–H and O–H groups in total. The molecule has 0 aliphatic heterocycles. The van der Waals surface area contributed by atoms with E-state index in [-0.39, 0.29) is 0 Å². The molecule has 0 radical (unpaired) electrons. The molecule has 0 unspecified atom stereocenters. The van der Waals surface area contributed by atoms with Gasteiger partial charge in [0.25, 0.3) is 0 Å². The largest absolute Gasteiger partial charge is 0.103 e. The minimum absolute atomic E-state index is 0.892. The Morgan fingerprint density at radius 1 is 0.150 bits per heavy atom. The Morgan fingerprint density at radius 3 is 0.507 bits per heavy atom. The maximum absolute atomic E-state index is 3.83. The van der Waals surface area contributed by atoms with Gasteiger partial charge in [0.1, 0.15) is 0 Å². The van der Waals surface area contributed by atoms with Crippen LogP contribution in [0.4, 0.5) is 0 Å². The first-order valence-corrected chi connectivity index (χ1v) is 62.9. The van der Waals surface area contributed by atoms with Crippen LogP contribution in [-0.2, 0) is 0 Å². The van der Waals surface area contributed by atoms with E-state index in [2.05, 4.69) is 292 Å². The van der Waals surface area contributed by atoms with Crippen molar-refractivity contribution in [2.24, 2.45) is 94.7 Å². The lowest BCUT2D eigenvalue weighted by atomic mass is 9.78. The number of unbranched alkanes of at least 4 members (excludes halogenated alkanes) is 10. The van der Waals surface area contributed by atoms with Gasteiger partial charge >= 0.3 is 0 Å². The molecule has 0 atom stereocenters. The second kappa shape index (κ2) is 105. The topological polar surface area (TPSA) is 0 Å². The van der Waals surface area contributed by atoms with E-state index >= 15 is 0 Å². The fourth-order valence-electron chi connectivity index (χ4n) is 23.9. The minimum Gasteiger partial charge on any atom is -0.103 e. The predicted octanol–water partition coefficient (Wildman–Crippen LogP) is 48.7. The SMILES string of the molecule is C/C=C/CCC1CCC(/C=C/CC)CC1.C/C=C/CCC1CCC(CC/C=C/C)CC1.C/C=C/CCC1CCC(CC/C=C/CC)CC1.C/C=C/CCC1CCC(CC/C=C/CCC)CC1.C/C=C/CCC1CCC(CC/C=C/CCCC)CC1.C/C=C/CCC1CCC(CC/C=C/CCCCCC)CC1.C=CCCC1CCC(CC/C=C/C)CC1.C=CCCC1CCC(CC/C=C/CCCCC)CC1. The quantitative estimate of drug-likeness (QED) is 0.0421. The standard InChI is InChI=1S/C21H38.2C19H34.C18H32.C17H30.C16H28.2C15H26/c1-3-5-7-8-9-10-11-13-15-21-18-16-20(17-19-21)14-12-6-4-2;1-3-5-7-8-9-10-11-13-19-16-14-18(15-17-19)12-6-4-2;1-3-5-7-8-9-11-13-19-16-14-18(15-17-19)12-10-6-4-2;1-3-5-7-8-10-12-18-15-13-17(14-16-18)11-9-6-4-2;1-3-5-7-9-11-17-14-12-16(13-15-17)10-8-6-4-2;1-3-5-7-9-15-11-13-16(14-12-15)10-8-6-4-2;2*1-3-5-7-9-15-12-10-14(11-13-15)8-6-4-2/h4,6,10-11,20-21H,3,5,7-9,12-19H2,1-2H3;4,9-10,18-19H,2-3,5-8,11-17H2,1H3;4,6,8-9,18-19H,3,5,7,10-17H2,1-2H3;4,6-8,17-18H,3,5,9-16H2,1-2H3;4-7,16-17H,3,8-15H2,1-2H3;3-6,15-16H,7-14H2,1-2H3;3,5-6,8,14-15H,4,7,9-13H2,1-2H3;3-5,14-15H,2,6-13H2,1H3/b6-4+,11-10+;10-9+;6-4+,9-8+;6-4+,8-7+;6-4+,7-5+;5-3+,6-4+;5-3+,8-6+;5-3+. The van der Waals surface area contributed by atoms with Crippen LogP contribution in [0.5, 0.6) is 0 Å². The van der Waals surface area contributed by atoms with Crippen LogP contribution in [0.2, 0.25) is 0 Å². The summed E-state index contributed by atoms with van der Waals surface area (Å²) in [5, 5.41) is 0. The lowest BCUT2D eigenvalue weighted by Gasteiger charge is -2.28. The maximum atomic E-state index is 3.83. The number of hydrogen-bond acceptors (Lipinski definition) is 0. The fraction of sp³-hybridized carbons (Fsp3) is 0.771. The molecule has 0 heterocycles. The van der Waals surface area contributed by atoms with Crippen LogP contribution in [0, 0.1) is 94.7 Å². The highest BCUT2D eigenvalue weighted by Crippen LogP contribution is 2.42. The van der Waals surface area contributed by atoms with Gasteiger partial charge in [0.15, 0.2) is 0 Å². The van der Waals surface area contributed by atoms with Gasteiger partial charge in [-0.3, -0.25) is 0 Å². The summed E-state index contributed by atoms with van der Waals surface area (Å²) in [6.07, 6.45) is 178. The van der Waals surface area contributed by atoms with Crippen LogP contribution in [0.3, 0.4) is 0 Å². The highest BCUT2D eigenvalue weighted by molar-refractivity contribution is 4.95. The van der Waals surface area contributed by atoms with E-state index in [0.717, 1.165) is 94.7 Å². The second-order valence-electron chi connectivity index (χ2n) is 45.7. The molecule has 0 saturated heterocycles. The summed E-state index contributed by atoms with van der Waals surface area (Å²) < 4.78 is 0. The number of rotatable bonds is 62. The van der Waals surface area contributed by atoms with Crippen molar-refractivity contribution in [3.63, 3.8) is 0 Å². The van der Waals surface area contributed by atoms with Crippen molar-refractivity contribution in [2.75, 3.05) is 0 Å². The fourth-order valence-corrected chi connectivity index (χ4v) is 23.9. The summed E-state index contributed by atoms with van der Waals surface area (Å²) in [6.45, 7) is 38.1. The van der Waals surface area contributed by atoms with Crippen LogP contribution in [0.25, 0.3) is 0 Å². The van der Waals surface area contributed by atoms with Gasteiger partial charge < -0.3 is 0 Å². The summed E-state index contributed by atoms with van der Waals surface area (Å²) in [5.41, 5.74) is 0. The third kappa shape index (κ3) is 83.8. The molecule has 0 aromatic rings. The van der Waals surface area contributed by atoms with Gasteiger partial charge in [-0.1, -0.05) is 455 Å². The van der Waals surface area contributed by atoms with Crippen molar-refractivity contribution in [1.29, 1.82) is 0 Å². The number of hydrogen-bond donors (Lipinski definition) is 0. The molecule has 8 fully saturated rings. The summed E-state index contributed by atoms with van der Waals surface area (Å²) in [7, 11) is 0. The predicted molar refractivity (Wildman–Crippen MR) is 644 cm³/mol. The third-order valence-corrected chi connectivity index (χ3v) is 33.8. The maximum Gasteiger partial charge on any atom is -0.0233 e. The summed E-state index contributed by atoms with van der Waals surface area (Å²) in [4.78, 5) is 0. The van der Waals surface area contributed by atoms with E-state index in [4.69, 9.17) is 0 Å². The molecule has 808 valence electrons. The van der Waals surface area contributed by atoms with E-state index < -0.39 is 0 Å². The average molecular weight is 1930 g/mol. The zero-order valence-electron chi connectivity index (χ0n) is 97.1. The van der Waals surface area contributed by atoms with Crippen molar-refractivity contribution in [1.82, 2.24) is 0 Å². The molecule has 140 heavy (non-hydrogen) atoms. The van der Waals surface area contributed by atoms with Crippen molar-refractivity contribution < 1.29 is 0 Å². The summed E-state index contributed by atoms with van der Waals surface area (Å²) in [5.74, 6) is 16.1. The molecule has 8 saturated carbocycles. The van der Waals surface area contributed by atoms with E-state index in [1.165, 1.54) is 501 Å². The first-order valence-electron chi connectivity index (χ1n) is 62.9. The molecule has 8 aliphatic rings. The van der Waals surface area contributed by atoms with Crippen LogP contribution in [0.1, 0.15) is 598 Å². The highest BCUT2D eigenvalue weighted by Gasteiger charge is 2.27. The first kappa shape index (κ1) is 134. The minimum atomic E-state index is 0.892. The first-order chi connectivity index (χ1) is 68.9. The Hall–Kier alpha value is -4.16. The van der Waals surface area contributed by atoms with Crippen LogP contribution < -0.4 is 0 Å². The average Bonchev–Trinajstić information content (AvgIpc) is 0.954. The van der Waals surface area contributed by atoms with E-state index in [1.54, 1.807) is 0 Å². The molecule has 0 aromatic carbocycles. The Bertz CT molecular complexity index is 2950. The zero-order valence-corrected chi connectivity index (χ0v) is 97.1. The zero-order chi connectivity index (χ0) is 102. The summed E-state index contributed by atoms with van der Waals surface area (Å²) >= 11 is 0. The van der Waals surface area contributed by atoms with Crippen molar-refractivity contribution in [3.8, 4) is 0 Å². The monoisotopic (exact) mass is 1930 g/mol.